The highest BCUT2D eigenvalue weighted by Crippen LogP contribution is 2.38. The number of ether oxygens (including phenoxy) is 2. The molecule has 6 heteroatoms. The Morgan fingerprint density at radius 2 is 1.86 bits per heavy atom. The highest BCUT2D eigenvalue weighted by molar-refractivity contribution is 5.89. The Morgan fingerprint density at radius 1 is 1.23 bits per heavy atom. The molecule has 1 aliphatic carbocycles. The van der Waals surface area contributed by atoms with E-state index in [9.17, 15) is 14.4 Å². The molecular weight excluding hydrogens is 286 g/mol. The Balaban J connectivity index is 1.71. The second kappa shape index (κ2) is 7.06. The molecule has 22 heavy (non-hydrogen) atoms. The number of hydrogen-bond acceptors (Lipinski definition) is 5. The normalized spacial score (nSPS) is 19.2. The molecule has 0 unspecified atom stereocenters. The molecule has 1 aromatic rings. The predicted octanol–water partition coefficient (Wildman–Crippen LogP) is 1.29. The number of nitrogens with one attached hydrogen (secondary N) is 1. The molecule has 0 aliphatic heterocycles. The summed E-state index contributed by atoms with van der Waals surface area (Å²) in [4.78, 5) is 34.4. The van der Waals surface area contributed by atoms with Crippen molar-refractivity contribution in [3.63, 3.8) is 0 Å². The van der Waals surface area contributed by atoms with Crippen molar-refractivity contribution in [1.29, 1.82) is 0 Å². The van der Waals surface area contributed by atoms with Crippen LogP contribution in [0.5, 0.6) is 0 Å². The summed E-state index contributed by atoms with van der Waals surface area (Å²) in [5.41, 5.74) is 1.29. The minimum atomic E-state index is -0.406. The second-order valence-corrected chi connectivity index (χ2v) is 5.39. The van der Waals surface area contributed by atoms with E-state index in [1.807, 2.05) is 6.92 Å². The molecule has 1 amide bonds. The van der Waals surface area contributed by atoms with E-state index in [0.29, 0.717) is 18.0 Å². The summed E-state index contributed by atoms with van der Waals surface area (Å²) >= 11 is 0. The van der Waals surface area contributed by atoms with Gasteiger partial charge in [0.15, 0.2) is 6.61 Å². The number of carbonyl (C=O) groups is 3. The molecule has 2 rings (SSSR count). The minimum Gasteiger partial charge on any atom is -0.465 e. The van der Waals surface area contributed by atoms with Crippen LogP contribution in [0, 0.1) is 11.8 Å². The second-order valence-electron chi connectivity index (χ2n) is 5.39. The average Bonchev–Trinajstić information content (AvgIpc) is 3.27. The van der Waals surface area contributed by atoms with Crippen molar-refractivity contribution in [1.82, 2.24) is 5.32 Å². The Bertz CT molecular complexity index is 566. The van der Waals surface area contributed by atoms with Gasteiger partial charge in [0.05, 0.1) is 18.6 Å². The average molecular weight is 305 g/mol. The van der Waals surface area contributed by atoms with Gasteiger partial charge in [-0.05, 0) is 30.0 Å². The fourth-order valence-electron chi connectivity index (χ4n) is 2.02. The van der Waals surface area contributed by atoms with Crippen LogP contribution in [-0.4, -0.2) is 31.6 Å². The van der Waals surface area contributed by atoms with Crippen LogP contribution in [0.25, 0.3) is 0 Å². The number of amides is 1. The van der Waals surface area contributed by atoms with E-state index in [0.717, 1.165) is 12.0 Å². The summed E-state index contributed by atoms with van der Waals surface area (Å²) in [5.74, 6) is -0.733. The molecule has 0 heterocycles. The Hall–Kier alpha value is -2.37. The smallest absolute Gasteiger partial charge is 0.337 e. The van der Waals surface area contributed by atoms with Crippen LogP contribution in [0.15, 0.2) is 24.3 Å². The summed E-state index contributed by atoms with van der Waals surface area (Å²) in [6.45, 7) is 2.02. The molecule has 0 bridgehead atoms. The maximum atomic E-state index is 11.6. The molecule has 0 spiro atoms. The summed E-state index contributed by atoms with van der Waals surface area (Å²) in [6.07, 6.45) is 0.840. The van der Waals surface area contributed by atoms with E-state index in [-0.39, 0.29) is 24.4 Å². The number of hydrogen-bond donors (Lipinski definition) is 1. The van der Waals surface area contributed by atoms with Crippen LogP contribution < -0.4 is 5.32 Å². The van der Waals surface area contributed by atoms with Crippen molar-refractivity contribution < 1.29 is 23.9 Å². The molecule has 0 saturated heterocycles. The molecule has 118 valence electrons. The first-order valence-electron chi connectivity index (χ1n) is 7.12. The van der Waals surface area contributed by atoms with E-state index in [1.54, 1.807) is 24.3 Å². The topological polar surface area (TPSA) is 81.7 Å². The van der Waals surface area contributed by atoms with Gasteiger partial charge in [-0.3, -0.25) is 9.59 Å². The van der Waals surface area contributed by atoms with Crippen LogP contribution in [-0.2, 0) is 25.6 Å². The van der Waals surface area contributed by atoms with E-state index < -0.39 is 5.97 Å². The molecule has 1 saturated carbocycles. The molecule has 1 N–H and O–H groups in total. The number of methoxy groups -OCH3 is 1. The van der Waals surface area contributed by atoms with Crippen molar-refractivity contribution in [2.24, 2.45) is 11.8 Å². The molecule has 1 aliphatic rings. The third-order valence-corrected chi connectivity index (χ3v) is 3.62. The highest BCUT2D eigenvalue weighted by atomic mass is 16.5. The van der Waals surface area contributed by atoms with Crippen molar-refractivity contribution >= 4 is 17.8 Å². The Kier molecular flexibility index (Phi) is 5.14. The van der Waals surface area contributed by atoms with Crippen LogP contribution in [0.1, 0.15) is 29.3 Å². The molecule has 1 aromatic carbocycles. The van der Waals surface area contributed by atoms with Crippen LogP contribution >= 0.6 is 0 Å². The van der Waals surface area contributed by atoms with Crippen molar-refractivity contribution in [2.75, 3.05) is 13.7 Å². The first-order chi connectivity index (χ1) is 10.5. The van der Waals surface area contributed by atoms with E-state index in [2.05, 4.69) is 10.1 Å². The van der Waals surface area contributed by atoms with E-state index >= 15 is 0 Å². The molecule has 1 fully saturated rings. The van der Waals surface area contributed by atoms with Crippen molar-refractivity contribution in [2.45, 2.75) is 19.9 Å². The Morgan fingerprint density at radius 3 is 2.41 bits per heavy atom. The lowest BCUT2D eigenvalue weighted by molar-refractivity contribution is -0.150. The lowest BCUT2D eigenvalue weighted by atomic mass is 10.1. The van der Waals surface area contributed by atoms with Gasteiger partial charge in [0, 0.05) is 6.54 Å². The number of benzene rings is 1. The summed E-state index contributed by atoms with van der Waals surface area (Å²) in [5, 5.41) is 2.66. The lowest BCUT2D eigenvalue weighted by Gasteiger charge is -2.07. The van der Waals surface area contributed by atoms with Gasteiger partial charge >= 0.3 is 11.9 Å². The van der Waals surface area contributed by atoms with Gasteiger partial charge in [-0.1, -0.05) is 19.1 Å². The summed E-state index contributed by atoms with van der Waals surface area (Å²) in [7, 11) is 1.32. The quantitative estimate of drug-likeness (QED) is 0.801. The van der Waals surface area contributed by atoms with Gasteiger partial charge in [0.1, 0.15) is 0 Å². The molecule has 6 nitrogen and oxygen atoms in total. The fraction of sp³-hybridized carbons (Fsp3) is 0.438. The molecule has 0 radical (unpaired) electrons. The maximum absolute atomic E-state index is 11.6. The summed E-state index contributed by atoms with van der Waals surface area (Å²) < 4.78 is 9.54. The van der Waals surface area contributed by atoms with E-state index in [1.165, 1.54) is 7.11 Å². The largest absolute Gasteiger partial charge is 0.465 e. The summed E-state index contributed by atoms with van der Waals surface area (Å²) in [6, 6.07) is 6.71. The molecule has 2 atom stereocenters. The van der Waals surface area contributed by atoms with Gasteiger partial charge in [-0.25, -0.2) is 4.79 Å². The van der Waals surface area contributed by atoms with Crippen molar-refractivity contribution in [3.8, 4) is 0 Å². The minimum absolute atomic E-state index is 0.0429. The van der Waals surface area contributed by atoms with E-state index in [4.69, 9.17) is 4.74 Å². The lowest BCUT2D eigenvalue weighted by Crippen LogP contribution is -2.28. The predicted molar refractivity (Wildman–Crippen MR) is 77.9 cm³/mol. The van der Waals surface area contributed by atoms with Gasteiger partial charge < -0.3 is 14.8 Å². The van der Waals surface area contributed by atoms with Gasteiger partial charge in [-0.15, -0.1) is 0 Å². The number of carbonyl (C=O) groups excluding carboxylic acids is 3. The van der Waals surface area contributed by atoms with Gasteiger partial charge in [0.2, 0.25) is 0 Å². The maximum Gasteiger partial charge on any atom is 0.337 e. The van der Waals surface area contributed by atoms with Gasteiger partial charge in [0.25, 0.3) is 5.91 Å². The van der Waals surface area contributed by atoms with Crippen LogP contribution in [0.3, 0.4) is 0 Å². The molecule has 0 aromatic heterocycles. The zero-order valence-corrected chi connectivity index (χ0v) is 12.6. The van der Waals surface area contributed by atoms with Gasteiger partial charge in [-0.2, -0.15) is 0 Å². The third-order valence-electron chi connectivity index (χ3n) is 3.62. The first-order valence-corrected chi connectivity index (χ1v) is 7.12. The van der Waals surface area contributed by atoms with Crippen LogP contribution in [0.2, 0.25) is 0 Å². The first kappa shape index (κ1) is 16.0. The van der Waals surface area contributed by atoms with Crippen molar-refractivity contribution in [3.05, 3.63) is 35.4 Å². The van der Waals surface area contributed by atoms with Crippen LogP contribution in [0.4, 0.5) is 0 Å². The monoisotopic (exact) mass is 305 g/mol. The zero-order chi connectivity index (χ0) is 16.1. The number of rotatable bonds is 6. The highest BCUT2D eigenvalue weighted by Gasteiger charge is 2.40. The Labute approximate surface area is 128 Å². The fourth-order valence-corrected chi connectivity index (χ4v) is 2.02. The SMILES string of the molecule is COC(=O)c1ccc(CNC(=O)COC(=O)[C@H]2C[C@H]2C)cc1. The molecular formula is C16H19NO5. The zero-order valence-electron chi connectivity index (χ0n) is 12.6. The standard InChI is InChI=1S/C16H19NO5/c1-10-7-13(10)16(20)22-9-14(18)17-8-11-3-5-12(6-4-11)15(19)21-2/h3-6,10,13H,7-9H2,1-2H3,(H,17,18)/t10-,13+/m1/s1. The third kappa shape index (κ3) is 4.31. The number of esters is 2.